The van der Waals surface area contributed by atoms with Crippen LogP contribution in [0.2, 0.25) is 0 Å². The summed E-state index contributed by atoms with van der Waals surface area (Å²) in [4.78, 5) is 10.8. The van der Waals surface area contributed by atoms with Crippen LogP contribution in [0.15, 0.2) is 0 Å². The van der Waals surface area contributed by atoms with Crippen LogP contribution in [0.25, 0.3) is 0 Å². The molecule has 1 saturated heterocycles. The van der Waals surface area contributed by atoms with Crippen LogP contribution in [-0.2, 0) is 23.6 Å². The molecule has 3 atom stereocenters. The second kappa shape index (κ2) is 5.30. The minimum Gasteiger partial charge on any atom is -0.433 e. The van der Waals surface area contributed by atoms with Crippen molar-refractivity contribution >= 4 is 13.1 Å². The molecule has 0 spiro atoms. The summed E-state index contributed by atoms with van der Waals surface area (Å²) >= 11 is 0. The van der Waals surface area contributed by atoms with E-state index in [2.05, 4.69) is 0 Å². The van der Waals surface area contributed by atoms with E-state index in [-0.39, 0.29) is 6.10 Å². The van der Waals surface area contributed by atoms with Crippen molar-refractivity contribution in [1.82, 2.24) is 0 Å². The van der Waals surface area contributed by atoms with Gasteiger partial charge in [0.25, 0.3) is 0 Å². The zero-order chi connectivity index (χ0) is 12.3. The Morgan fingerprint density at radius 2 is 2.00 bits per heavy atom. The van der Waals surface area contributed by atoms with Crippen molar-refractivity contribution in [2.45, 2.75) is 39.0 Å². The summed E-state index contributed by atoms with van der Waals surface area (Å²) in [6, 6.07) is 0. The number of carbonyl (C=O) groups is 1. The van der Waals surface area contributed by atoms with Crippen LogP contribution in [0.4, 0.5) is 0 Å². The molecule has 0 aromatic carbocycles. The average Bonchev–Trinajstić information content (AvgIpc) is 2.42. The Morgan fingerprint density at radius 3 is 2.50 bits per heavy atom. The van der Waals surface area contributed by atoms with E-state index < -0.39 is 25.7 Å². The molecule has 1 fully saturated rings. The lowest BCUT2D eigenvalue weighted by Crippen LogP contribution is -2.24. The Bertz CT molecular complexity index is 298. The molecule has 6 heteroatoms. The van der Waals surface area contributed by atoms with E-state index in [0.717, 1.165) is 0 Å². The fourth-order valence-electron chi connectivity index (χ4n) is 1.44. The van der Waals surface area contributed by atoms with Crippen LogP contribution in [-0.4, -0.2) is 44.1 Å². The molecule has 1 unspecified atom stereocenters. The van der Waals surface area contributed by atoms with Crippen molar-refractivity contribution in [2.75, 3.05) is 19.5 Å². The van der Waals surface area contributed by atoms with Crippen molar-refractivity contribution in [3.8, 4) is 0 Å². The van der Waals surface area contributed by atoms with Crippen LogP contribution in [0.3, 0.4) is 0 Å². The fraction of sp³-hybridized carbons (Fsp3) is 0.900. The third kappa shape index (κ3) is 4.64. The summed E-state index contributed by atoms with van der Waals surface area (Å²) in [7, 11) is -2.05. The van der Waals surface area contributed by atoms with Gasteiger partial charge in [-0.3, -0.25) is 4.79 Å². The Hall–Kier alpha value is -0.380. The van der Waals surface area contributed by atoms with Gasteiger partial charge in [0, 0.05) is 19.5 Å². The third-order valence-electron chi connectivity index (χ3n) is 2.22. The van der Waals surface area contributed by atoms with Crippen LogP contribution in [0.5, 0.6) is 0 Å². The van der Waals surface area contributed by atoms with Crippen LogP contribution in [0, 0.1) is 0 Å². The minimum atomic E-state index is -2.05. The molecule has 1 rings (SSSR count). The Labute approximate surface area is 95.8 Å². The molecule has 0 aromatic rings. The van der Waals surface area contributed by atoms with Gasteiger partial charge in [0.2, 0.25) is 6.29 Å². The second-order valence-electron chi connectivity index (χ2n) is 4.47. The van der Waals surface area contributed by atoms with Crippen molar-refractivity contribution in [3.63, 3.8) is 0 Å². The van der Waals surface area contributed by atoms with E-state index in [1.807, 2.05) is 0 Å². The first-order valence-corrected chi connectivity index (χ1v) is 8.09. The molecule has 0 bridgehead atoms. The van der Waals surface area contributed by atoms with Crippen molar-refractivity contribution in [1.29, 1.82) is 0 Å². The molecule has 1 aliphatic heterocycles. The molecule has 5 nitrogen and oxygen atoms in total. The van der Waals surface area contributed by atoms with Crippen molar-refractivity contribution in [2.24, 2.45) is 0 Å². The first-order chi connectivity index (χ1) is 7.28. The first kappa shape index (κ1) is 13.7. The smallest absolute Gasteiger partial charge is 0.305 e. The molecular weight excluding hydrogens is 231 g/mol. The molecule has 0 saturated carbocycles. The maximum absolute atomic E-state index is 11.5. The standard InChI is InChI=1S/C10H19O5P/c1-7-10(14-8(2)11)15-9(13-7)5-6-16(3,4)12/h7,9-10H,5-6H2,1-4H3/t7-,9+,10?/m1/s1. The first-order valence-electron chi connectivity index (χ1n) is 5.30. The Balaban J connectivity index is 2.38. The van der Waals surface area contributed by atoms with Gasteiger partial charge in [-0.15, -0.1) is 0 Å². The zero-order valence-corrected chi connectivity index (χ0v) is 11.0. The van der Waals surface area contributed by atoms with Gasteiger partial charge in [0.15, 0.2) is 6.29 Å². The summed E-state index contributed by atoms with van der Waals surface area (Å²) in [6.45, 7) is 6.57. The molecule has 0 N–H and O–H groups in total. The van der Waals surface area contributed by atoms with Gasteiger partial charge in [-0.05, 0) is 20.3 Å². The molecule has 0 aliphatic carbocycles. The fourth-order valence-corrected chi connectivity index (χ4v) is 2.27. The second-order valence-corrected chi connectivity index (χ2v) is 8.07. The normalized spacial score (nSPS) is 30.4. The topological polar surface area (TPSA) is 61.8 Å². The van der Waals surface area contributed by atoms with E-state index in [4.69, 9.17) is 14.2 Å². The molecular formula is C10H19O5P. The number of hydrogen-bond donors (Lipinski definition) is 0. The largest absolute Gasteiger partial charge is 0.433 e. The van der Waals surface area contributed by atoms with Gasteiger partial charge in [-0.2, -0.15) is 0 Å². The molecule has 0 radical (unpaired) electrons. The molecule has 1 heterocycles. The summed E-state index contributed by atoms with van der Waals surface area (Å²) in [5.41, 5.74) is 0. The summed E-state index contributed by atoms with van der Waals surface area (Å²) in [5, 5.41) is 0. The van der Waals surface area contributed by atoms with E-state index in [1.54, 1.807) is 20.3 Å². The van der Waals surface area contributed by atoms with Crippen LogP contribution in [0.1, 0.15) is 20.3 Å². The highest BCUT2D eigenvalue weighted by atomic mass is 31.2. The van der Waals surface area contributed by atoms with Gasteiger partial charge in [0.1, 0.15) is 6.10 Å². The predicted molar refractivity (Wildman–Crippen MR) is 59.9 cm³/mol. The zero-order valence-electron chi connectivity index (χ0n) is 10.1. The highest BCUT2D eigenvalue weighted by Gasteiger charge is 2.35. The van der Waals surface area contributed by atoms with E-state index >= 15 is 0 Å². The SMILES string of the molecule is CC(=O)OC1O[C@@H](CCP(C)(C)=O)O[C@@H]1C. The highest BCUT2D eigenvalue weighted by molar-refractivity contribution is 7.62. The van der Waals surface area contributed by atoms with E-state index in [0.29, 0.717) is 12.6 Å². The van der Waals surface area contributed by atoms with E-state index in [9.17, 15) is 9.36 Å². The maximum atomic E-state index is 11.5. The molecule has 94 valence electrons. The number of hydrogen-bond acceptors (Lipinski definition) is 5. The lowest BCUT2D eigenvalue weighted by Gasteiger charge is -2.12. The lowest BCUT2D eigenvalue weighted by molar-refractivity contribution is -0.175. The van der Waals surface area contributed by atoms with Gasteiger partial charge in [0.05, 0.1) is 7.14 Å². The summed E-state index contributed by atoms with van der Waals surface area (Å²) < 4.78 is 27.3. The maximum Gasteiger partial charge on any atom is 0.305 e. The van der Waals surface area contributed by atoms with Gasteiger partial charge < -0.3 is 18.8 Å². The summed E-state index contributed by atoms with van der Waals surface area (Å²) in [5.74, 6) is -0.391. The van der Waals surface area contributed by atoms with Gasteiger partial charge >= 0.3 is 5.97 Å². The summed E-state index contributed by atoms with van der Waals surface area (Å²) in [6.07, 6.45) is -0.214. The quantitative estimate of drug-likeness (QED) is 0.560. The van der Waals surface area contributed by atoms with Crippen LogP contribution < -0.4 is 0 Å². The van der Waals surface area contributed by atoms with Gasteiger partial charge in [-0.1, -0.05) is 0 Å². The average molecular weight is 250 g/mol. The van der Waals surface area contributed by atoms with Crippen LogP contribution >= 0.6 is 7.14 Å². The Morgan fingerprint density at radius 1 is 1.38 bits per heavy atom. The lowest BCUT2D eigenvalue weighted by atomic mass is 10.4. The molecule has 1 aliphatic rings. The van der Waals surface area contributed by atoms with Gasteiger partial charge in [-0.25, -0.2) is 0 Å². The van der Waals surface area contributed by atoms with Crippen molar-refractivity contribution < 1.29 is 23.6 Å². The van der Waals surface area contributed by atoms with Crippen molar-refractivity contribution in [3.05, 3.63) is 0 Å². The van der Waals surface area contributed by atoms with E-state index in [1.165, 1.54) is 6.92 Å². The molecule has 0 amide bonds. The highest BCUT2D eigenvalue weighted by Crippen LogP contribution is 2.38. The molecule has 16 heavy (non-hydrogen) atoms. The Kier molecular flexibility index (Phi) is 4.53. The molecule has 0 aromatic heterocycles. The number of ether oxygens (including phenoxy) is 3. The minimum absolute atomic E-state index is 0.276. The number of rotatable bonds is 4. The monoisotopic (exact) mass is 250 g/mol. The number of carbonyl (C=O) groups excluding carboxylic acids is 1. The predicted octanol–water partition coefficient (Wildman–Crippen LogP) is 1.65. The number of esters is 1. The third-order valence-corrected chi connectivity index (χ3v) is 3.56.